The molecule has 2 aromatic heterocycles. The summed E-state index contributed by atoms with van der Waals surface area (Å²) in [6.45, 7) is 1.43. The molecule has 0 radical (unpaired) electrons. The maximum atomic E-state index is 12.3. The number of halogens is 1. The molecule has 0 unspecified atom stereocenters. The van der Waals surface area contributed by atoms with E-state index in [9.17, 15) is 19.7 Å². The predicted molar refractivity (Wildman–Crippen MR) is 101 cm³/mol. The van der Waals surface area contributed by atoms with Gasteiger partial charge in [-0.3, -0.25) is 0 Å². The molecule has 0 aliphatic carbocycles. The van der Waals surface area contributed by atoms with Crippen molar-refractivity contribution in [2.75, 3.05) is 13.7 Å². The van der Waals surface area contributed by atoms with Gasteiger partial charge >= 0.3 is 17.4 Å². The first-order valence-electron chi connectivity index (χ1n) is 7.97. The van der Waals surface area contributed by atoms with Crippen LogP contribution in [-0.2, 0) is 11.3 Å². The molecule has 0 bridgehead atoms. The van der Waals surface area contributed by atoms with Crippen LogP contribution in [0.2, 0.25) is 0 Å². The molecule has 11 heteroatoms. The molecule has 2 heterocycles. The highest BCUT2D eigenvalue weighted by Crippen LogP contribution is 2.29. The van der Waals surface area contributed by atoms with Crippen LogP contribution in [0.15, 0.2) is 38.1 Å². The average molecular weight is 452 g/mol. The van der Waals surface area contributed by atoms with Crippen molar-refractivity contribution in [1.82, 2.24) is 9.55 Å². The molecule has 3 rings (SSSR count). The van der Waals surface area contributed by atoms with Crippen molar-refractivity contribution in [3.05, 3.63) is 60.8 Å². The number of benzene rings is 1. The Balaban J connectivity index is 1.81. The van der Waals surface area contributed by atoms with Crippen molar-refractivity contribution in [2.24, 2.45) is 0 Å². The van der Waals surface area contributed by atoms with E-state index >= 15 is 0 Å². The minimum Gasteiger partial charge on any atom is -0.493 e. The fourth-order valence-electron chi connectivity index (χ4n) is 2.65. The zero-order chi connectivity index (χ0) is 20.4. The minimum absolute atomic E-state index is 0.0200. The molecule has 0 saturated heterocycles. The van der Waals surface area contributed by atoms with Crippen molar-refractivity contribution in [1.29, 1.82) is 0 Å². The third-order valence-corrected chi connectivity index (χ3v) is 4.43. The normalized spacial score (nSPS) is 10.8. The Labute approximate surface area is 166 Å². The third-order valence-electron chi connectivity index (χ3n) is 3.97. The van der Waals surface area contributed by atoms with Crippen LogP contribution in [0.5, 0.6) is 5.75 Å². The molecule has 0 fully saturated rings. The number of rotatable bonds is 6. The van der Waals surface area contributed by atoms with Crippen molar-refractivity contribution >= 4 is 38.7 Å². The minimum atomic E-state index is -0.894. The van der Waals surface area contributed by atoms with Crippen molar-refractivity contribution < 1.29 is 23.6 Å². The van der Waals surface area contributed by atoms with Gasteiger partial charge in [-0.05, 0) is 23.1 Å². The van der Waals surface area contributed by atoms with Gasteiger partial charge in [0.05, 0.1) is 7.11 Å². The Morgan fingerprint density at radius 2 is 2.14 bits per heavy atom. The highest BCUT2D eigenvalue weighted by atomic mass is 79.9. The SMILES string of the molecule is COc1cc(Br)cc2cc(C(=O)OCCn3c([N+](=O)[O-])cnc3C)c(=O)oc12. The third kappa shape index (κ3) is 3.74. The molecule has 0 saturated carbocycles. The number of hydrogen-bond donors (Lipinski definition) is 0. The summed E-state index contributed by atoms with van der Waals surface area (Å²) in [6.07, 6.45) is 1.13. The average Bonchev–Trinajstić information content (AvgIpc) is 3.01. The van der Waals surface area contributed by atoms with E-state index in [4.69, 9.17) is 13.9 Å². The second-order valence-corrected chi connectivity index (χ2v) is 6.60. The summed E-state index contributed by atoms with van der Waals surface area (Å²) in [6, 6.07) is 4.64. The first-order chi connectivity index (χ1) is 13.3. The van der Waals surface area contributed by atoms with E-state index in [1.165, 1.54) is 17.7 Å². The number of aryl methyl sites for hydroxylation is 1. The largest absolute Gasteiger partial charge is 0.493 e. The Kier molecular flexibility index (Phi) is 5.45. The summed E-state index contributed by atoms with van der Waals surface area (Å²) in [5.74, 6) is -0.361. The molecule has 3 aromatic rings. The quantitative estimate of drug-likeness (QED) is 0.242. The first-order valence-corrected chi connectivity index (χ1v) is 8.76. The maximum absolute atomic E-state index is 12.3. The molecular weight excluding hydrogens is 438 g/mol. The van der Waals surface area contributed by atoms with Gasteiger partial charge in [-0.1, -0.05) is 15.9 Å². The molecule has 10 nitrogen and oxygen atoms in total. The molecule has 0 spiro atoms. The van der Waals surface area contributed by atoms with Crippen LogP contribution in [0.25, 0.3) is 11.0 Å². The van der Waals surface area contributed by atoms with Crippen LogP contribution >= 0.6 is 15.9 Å². The van der Waals surface area contributed by atoms with Gasteiger partial charge in [-0.25, -0.2) is 19.1 Å². The van der Waals surface area contributed by atoms with E-state index in [0.717, 1.165) is 6.20 Å². The van der Waals surface area contributed by atoms with Gasteiger partial charge in [0.1, 0.15) is 24.9 Å². The summed E-state index contributed by atoms with van der Waals surface area (Å²) in [5.41, 5.74) is -0.954. The van der Waals surface area contributed by atoms with Crippen LogP contribution in [0.3, 0.4) is 0 Å². The van der Waals surface area contributed by atoms with E-state index in [0.29, 0.717) is 21.4 Å². The number of ether oxygens (including phenoxy) is 2. The molecule has 0 atom stereocenters. The number of methoxy groups -OCH3 is 1. The summed E-state index contributed by atoms with van der Waals surface area (Å²) >= 11 is 3.31. The molecule has 0 aliphatic heterocycles. The standard InChI is InChI=1S/C17H14BrN3O7/c1-9-19-8-14(21(24)25)20(9)3-4-27-16(22)12-6-10-5-11(18)7-13(26-2)15(10)28-17(12)23/h5-8H,3-4H2,1-2H3. The lowest BCUT2D eigenvalue weighted by Gasteiger charge is -2.07. The van der Waals surface area contributed by atoms with Crippen LogP contribution < -0.4 is 10.4 Å². The highest BCUT2D eigenvalue weighted by Gasteiger charge is 2.20. The summed E-state index contributed by atoms with van der Waals surface area (Å²) in [4.78, 5) is 38.7. The number of aromatic nitrogens is 2. The van der Waals surface area contributed by atoms with Gasteiger partial charge in [0.15, 0.2) is 17.2 Å². The zero-order valence-electron chi connectivity index (χ0n) is 14.8. The number of hydrogen-bond acceptors (Lipinski definition) is 8. The molecule has 1 aromatic carbocycles. The summed E-state index contributed by atoms with van der Waals surface area (Å²) in [5, 5.41) is 11.4. The fraction of sp³-hybridized carbons (Fsp3) is 0.235. The van der Waals surface area contributed by atoms with Gasteiger partial charge in [0.2, 0.25) is 0 Å². The lowest BCUT2D eigenvalue weighted by Crippen LogP contribution is -2.19. The number of nitrogens with zero attached hydrogens (tertiary/aromatic N) is 3. The Morgan fingerprint density at radius 3 is 2.82 bits per heavy atom. The second-order valence-electron chi connectivity index (χ2n) is 5.68. The highest BCUT2D eigenvalue weighted by molar-refractivity contribution is 9.10. The van der Waals surface area contributed by atoms with E-state index < -0.39 is 16.5 Å². The van der Waals surface area contributed by atoms with Crippen LogP contribution in [0.1, 0.15) is 16.2 Å². The van der Waals surface area contributed by atoms with Crippen molar-refractivity contribution in [2.45, 2.75) is 13.5 Å². The summed E-state index contributed by atoms with van der Waals surface area (Å²) in [7, 11) is 1.43. The Morgan fingerprint density at radius 1 is 1.39 bits per heavy atom. The number of carbonyl (C=O) groups is 1. The van der Waals surface area contributed by atoms with Gasteiger partial charge in [-0.15, -0.1) is 0 Å². The first kappa shape index (κ1) is 19.5. The van der Waals surface area contributed by atoms with Gasteiger partial charge < -0.3 is 24.0 Å². The molecule has 28 heavy (non-hydrogen) atoms. The number of esters is 1. The number of nitro groups is 1. The van der Waals surface area contributed by atoms with E-state index in [2.05, 4.69) is 20.9 Å². The molecular formula is C17H14BrN3O7. The van der Waals surface area contributed by atoms with Crippen molar-refractivity contribution in [3.63, 3.8) is 0 Å². The van der Waals surface area contributed by atoms with Crippen LogP contribution in [0.4, 0.5) is 5.82 Å². The smallest absolute Gasteiger partial charge is 0.351 e. The molecule has 0 N–H and O–H groups in total. The molecule has 146 valence electrons. The monoisotopic (exact) mass is 451 g/mol. The predicted octanol–water partition coefficient (Wildman–Crippen LogP) is 2.83. The van der Waals surface area contributed by atoms with Crippen molar-refractivity contribution in [3.8, 4) is 5.75 Å². The van der Waals surface area contributed by atoms with Crippen LogP contribution in [0, 0.1) is 17.0 Å². The van der Waals surface area contributed by atoms with Gasteiger partial charge in [-0.2, -0.15) is 0 Å². The topological polar surface area (TPSA) is 127 Å². The Bertz CT molecular complexity index is 1140. The number of fused-ring (bicyclic) bond motifs is 1. The fourth-order valence-corrected chi connectivity index (χ4v) is 3.10. The van der Waals surface area contributed by atoms with E-state index in [1.54, 1.807) is 19.1 Å². The van der Waals surface area contributed by atoms with E-state index in [1.807, 2.05) is 0 Å². The molecule has 0 amide bonds. The maximum Gasteiger partial charge on any atom is 0.351 e. The number of imidazole rings is 1. The second kappa shape index (κ2) is 7.80. The van der Waals surface area contributed by atoms with Gasteiger partial charge in [0.25, 0.3) is 0 Å². The summed E-state index contributed by atoms with van der Waals surface area (Å²) < 4.78 is 17.4. The Hall–Kier alpha value is -3.21. The zero-order valence-corrected chi connectivity index (χ0v) is 16.4. The molecule has 0 aliphatic rings. The van der Waals surface area contributed by atoms with Crippen LogP contribution in [-0.4, -0.2) is 34.2 Å². The number of carbonyl (C=O) groups excluding carboxylic acids is 1. The van der Waals surface area contributed by atoms with Gasteiger partial charge in [0, 0.05) is 16.8 Å². The lowest BCUT2D eigenvalue weighted by molar-refractivity contribution is -0.392. The van der Waals surface area contributed by atoms with E-state index in [-0.39, 0.29) is 30.1 Å². The lowest BCUT2D eigenvalue weighted by atomic mass is 10.2.